The molecule has 23 heavy (non-hydrogen) atoms. The normalized spacial score (nSPS) is 16.6. The summed E-state index contributed by atoms with van der Waals surface area (Å²) in [6.45, 7) is 2.68. The number of aromatic amines is 1. The zero-order valence-electron chi connectivity index (χ0n) is 13.6. The fraction of sp³-hybridized carbons (Fsp3) is 0.500. The number of aliphatic hydroxyl groups excluding tert-OH is 1. The number of fused-ring (bicyclic) bond motifs is 1. The lowest BCUT2D eigenvalue weighted by Gasteiger charge is -2.27. The molecule has 4 N–H and O–H groups in total. The van der Waals surface area contributed by atoms with E-state index in [1.165, 1.54) is 16.5 Å². The molecule has 5 heteroatoms. The van der Waals surface area contributed by atoms with E-state index in [2.05, 4.69) is 40.7 Å². The molecule has 0 bridgehead atoms. The highest BCUT2D eigenvalue weighted by Gasteiger charge is 2.34. The number of aryl methyl sites for hydroxylation is 1. The molecule has 0 spiro atoms. The molecule has 1 heterocycles. The molecule has 1 fully saturated rings. The van der Waals surface area contributed by atoms with Gasteiger partial charge in [0, 0.05) is 23.6 Å². The number of aliphatic hydroxyl groups is 1. The standard InChI is InChI=1S/C18H25N3O2/c1-13-5-4-6-15-14(11-20-16(13)15)7-10-19-17(23)21-18(12-22)8-2-3-9-18/h4-6,11,20,22H,2-3,7-10,12H2,1H3,(H2,19,21,23). The minimum Gasteiger partial charge on any atom is -0.394 e. The van der Waals surface area contributed by atoms with Crippen LogP contribution in [0.3, 0.4) is 0 Å². The summed E-state index contributed by atoms with van der Waals surface area (Å²) in [6, 6.07) is 6.06. The number of H-pyrrole nitrogens is 1. The van der Waals surface area contributed by atoms with Crippen molar-refractivity contribution in [2.24, 2.45) is 0 Å². The van der Waals surface area contributed by atoms with Gasteiger partial charge in [-0.2, -0.15) is 0 Å². The molecular weight excluding hydrogens is 290 g/mol. The van der Waals surface area contributed by atoms with Gasteiger partial charge in [-0.05, 0) is 37.3 Å². The maximum atomic E-state index is 12.1. The molecule has 5 nitrogen and oxygen atoms in total. The summed E-state index contributed by atoms with van der Waals surface area (Å²) in [7, 11) is 0. The quantitative estimate of drug-likeness (QED) is 0.684. The van der Waals surface area contributed by atoms with E-state index in [1.54, 1.807) is 0 Å². The van der Waals surface area contributed by atoms with Gasteiger partial charge in [0.25, 0.3) is 0 Å². The van der Waals surface area contributed by atoms with Crippen LogP contribution in [0.5, 0.6) is 0 Å². The van der Waals surface area contributed by atoms with E-state index in [4.69, 9.17) is 0 Å². The van der Waals surface area contributed by atoms with Crippen LogP contribution in [0, 0.1) is 6.92 Å². The third kappa shape index (κ3) is 3.34. The lowest BCUT2D eigenvalue weighted by Crippen LogP contribution is -2.53. The van der Waals surface area contributed by atoms with Gasteiger partial charge in [0.15, 0.2) is 0 Å². The second-order valence-corrected chi connectivity index (χ2v) is 6.59. The second kappa shape index (κ2) is 6.62. The number of aromatic nitrogens is 1. The van der Waals surface area contributed by atoms with Crippen LogP contribution < -0.4 is 10.6 Å². The molecule has 124 valence electrons. The summed E-state index contributed by atoms with van der Waals surface area (Å²) < 4.78 is 0. The van der Waals surface area contributed by atoms with Gasteiger partial charge < -0.3 is 20.7 Å². The highest BCUT2D eigenvalue weighted by molar-refractivity contribution is 5.86. The molecule has 1 aromatic carbocycles. The largest absolute Gasteiger partial charge is 0.394 e. The highest BCUT2D eigenvalue weighted by atomic mass is 16.3. The van der Waals surface area contributed by atoms with Crippen molar-refractivity contribution in [3.05, 3.63) is 35.5 Å². The van der Waals surface area contributed by atoms with Crippen molar-refractivity contribution in [1.82, 2.24) is 15.6 Å². The number of urea groups is 1. The zero-order valence-corrected chi connectivity index (χ0v) is 13.6. The Bertz CT molecular complexity index is 687. The third-order valence-corrected chi connectivity index (χ3v) is 4.93. The van der Waals surface area contributed by atoms with Gasteiger partial charge in [-0.15, -0.1) is 0 Å². The average molecular weight is 315 g/mol. The molecule has 2 amide bonds. The smallest absolute Gasteiger partial charge is 0.315 e. The van der Waals surface area contributed by atoms with Gasteiger partial charge in [-0.25, -0.2) is 4.79 Å². The predicted molar refractivity (Wildman–Crippen MR) is 91.6 cm³/mol. The van der Waals surface area contributed by atoms with Gasteiger partial charge in [0.2, 0.25) is 0 Å². The number of carbonyl (C=O) groups is 1. The molecular formula is C18H25N3O2. The van der Waals surface area contributed by atoms with Gasteiger partial charge in [0.1, 0.15) is 0 Å². The lowest BCUT2D eigenvalue weighted by atomic mass is 9.99. The summed E-state index contributed by atoms with van der Waals surface area (Å²) in [5.74, 6) is 0. The molecule has 0 radical (unpaired) electrons. The first-order valence-corrected chi connectivity index (χ1v) is 8.36. The maximum Gasteiger partial charge on any atom is 0.315 e. The molecule has 0 saturated heterocycles. The molecule has 0 aliphatic heterocycles. The minimum atomic E-state index is -0.415. The van der Waals surface area contributed by atoms with Crippen LogP contribution in [0.15, 0.2) is 24.4 Å². The van der Waals surface area contributed by atoms with E-state index in [9.17, 15) is 9.90 Å². The van der Waals surface area contributed by atoms with Crippen LogP contribution in [0.25, 0.3) is 10.9 Å². The van der Waals surface area contributed by atoms with Crippen LogP contribution in [0.1, 0.15) is 36.8 Å². The van der Waals surface area contributed by atoms with E-state index in [0.29, 0.717) is 6.54 Å². The first kappa shape index (κ1) is 15.9. The van der Waals surface area contributed by atoms with Crippen molar-refractivity contribution >= 4 is 16.9 Å². The fourth-order valence-corrected chi connectivity index (χ4v) is 3.54. The third-order valence-electron chi connectivity index (χ3n) is 4.93. The van der Waals surface area contributed by atoms with E-state index in [1.807, 2.05) is 6.20 Å². The topological polar surface area (TPSA) is 77.2 Å². The number of hydrogen-bond acceptors (Lipinski definition) is 2. The van der Waals surface area contributed by atoms with Gasteiger partial charge in [0.05, 0.1) is 12.1 Å². The highest BCUT2D eigenvalue weighted by Crippen LogP contribution is 2.28. The number of nitrogens with one attached hydrogen (secondary N) is 3. The van der Waals surface area contributed by atoms with Crippen molar-refractivity contribution in [2.75, 3.05) is 13.2 Å². The van der Waals surface area contributed by atoms with E-state index in [0.717, 1.165) is 37.6 Å². The Morgan fingerprint density at radius 2 is 2.13 bits per heavy atom. The molecule has 2 aromatic rings. The lowest BCUT2D eigenvalue weighted by molar-refractivity contribution is 0.163. The van der Waals surface area contributed by atoms with E-state index in [-0.39, 0.29) is 12.6 Å². The summed E-state index contributed by atoms with van der Waals surface area (Å²) in [5.41, 5.74) is 3.19. The average Bonchev–Trinajstić information content (AvgIpc) is 3.16. The molecule has 3 rings (SSSR count). The summed E-state index contributed by atoms with van der Waals surface area (Å²) in [4.78, 5) is 15.4. The van der Waals surface area contributed by atoms with Crippen molar-refractivity contribution in [3.63, 3.8) is 0 Å². The van der Waals surface area contributed by atoms with E-state index < -0.39 is 5.54 Å². The Balaban J connectivity index is 1.54. The Kier molecular flexibility index (Phi) is 4.57. The van der Waals surface area contributed by atoms with Crippen LogP contribution >= 0.6 is 0 Å². The van der Waals surface area contributed by atoms with Crippen molar-refractivity contribution in [1.29, 1.82) is 0 Å². The van der Waals surface area contributed by atoms with Gasteiger partial charge >= 0.3 is 6.03 Å². The van der Waals surface area contributed by atoms with Crippen molar-refractivity contribution < 1.29 is 9.90 Å². The Morgan fingerprint density at radius 3 is 2.87 bits per heavy atom. The monoisotopic (exact) mass is 315 g/mol. The molecule has 1 saturated carbocycles. The summed E-state index contributed by atoms with van der Waals surface area (Å²) in [6.07, 6.45) is 6.65. The maximum absolute atomic E-state index is 12.1. The van der Waals surface area contributed by atoms with Crippen LogP contribution in [-0.4, -0.2) is 34.8 Å². The fourth-order valence-electron chi connectivity index (χ4n) is 3.54. The number of rotatable bonds is 5. The Morgan fingerprint density at radius 1 is 1.35 bits per heavy atom. The second-order valence-electron chi connectivity index (χ2n) is 6.59. The van der Waals surface area contributed by atoms with Crippen molar-refractivity contribution in [3.8, 4) is 0 Å². The Hall–Kier alpha value is -2.01. The SMILES string of the molecule is Cc1cccc2c(CCNC(=O)NC3(CO)CCCC3)c[nH]c12. The summed E-state index contributed by atoms with van der Waals surface area (Å²) in [5, 5.41) is 16.6. The first-order valence-electron chi connectivity index (χ1n) is 8.36. The number of benzene rings is 1. The molecule has 1 aromatic heterocycles. The zero-order chi connectivity index (χ0) is 16.3. The van der Waals surface area contributed by atoms with Crippen LogP contribution in [0.4, 0.5) is 4.79 Å². The van der Waals surface area contributed by atoms with Crippen LogP contribution in [0.2, 0.25) is 0 Å². The number of amides is 2. The van der Waals surface area contributed by atoms with Gasteiger partial charge in [-0.1, -0.05) is 31.0 Å². The molecule has 0 unspecified atom stereocenters. The molecule has 0 atom stereocenters. The number of hydrogen-bond donors (Lipinski definition) is 4. The van der Waals surface area contributed by atoms with E-state index >= 15 is 0 Å². The number of para-hydroxylation sites is 1. The number of carbonyl (C=O) groups excluding carboxylic acids is 1. The van der Waals surface area contributed by atoms with Crippen LogP contribution in [-0.2, 0) is 6.42 Å². The minimum absolute atomic E-state index is 0.0160. The molecule has 1 aliphatic rings. The first-order chi connectivity index (χ1) is 11.1. The van der Waals surface area contributed by atoms with Crippen molar-refractivity contribution in [2.45, 2.75) is 44.6 Å². The summed E-state index contributed by atoms with van der Waals surface area (Å²) >= 11 is 0. The van der Waals surface area contributed by atoms with Gasteiger partial charge in [-0.3, -0.25) is 0 Å². The predicted octanol–water partition coefficient (Wildman–Crippen LogP) is 2.62. The molecule has 1 aliphatic carbocycles. The Labute approximate surface area is 136 Å².